The first-order valence-corrected chi connectivity index (χ1v) is 4.50. The first-order chi connectivity index (χ1) is 7.38. The van der Waals surface area contributed by atoms with Crippen LogP contribution in [0, 0.1) is 11.3 Å². The van der Waals surface area contributed by atoms with Gasteiger partial charge in [-0.25, -0.2) is 0 Å². The van der Waals surface area contributed by atoms with Crippen molar-refractivity contribution in [1.82, 2.24) is 4.98 Å². The molecular formula is C12H8CrN3-. The number of aliphatic imine (C=N–C) groups is 1. The second kappa shape index (κ2) is 5.93. The van der Waals surface area contributed by atoms with Crippen molar-refractivity contribution >= 4 is 11.9 Å². The Kier molecular flexibility index (Phi) is 4.54. The molecule has 0 aliphatic carbocycles. The van der Waals surface area contributed by atoms with E-state index in [9.17, 15) is 0 Å². The van der Waals surface area contributed by atoms with E-state index in [1.807, 2.05) is 12.1 Å². The van der Waals surface area contributed by atoms with Gasteiger partial charge < -0.3 is 4.98 Å². The summed E-state index contributed by atoms with van der Waals surface area (Å²) in [5.74, 6) is 0. The topological polar surface area (TPSA) is 50.2 Å². The molecule has 0 aliphatic heterocycles. The summed E-state index contributed by atoms with van der Waals surface area (Å²) >= 11 is 0. The molecule has 4 heteroatoms. The van der Waals surface area contributed by atoms with Crippen LogP contribution in [0.4, 0.5) is 5.69 Å². The third kappa shape index (κ3) is 3.10. The van der Waals surface area contributed by atoms with Gasteiger partial charge in [-0.1, -0.05) is 12.1 Å². The number of nitriles is 1. The van der Waals surface area contributed by atoms with Crippen molar-refractivity contribution in [2.75, 3.05) is 0 Å². The van der Waals surface area contributed by atoms with Crippen molar-refractivity contribution < 1.29 is 17.4 Å². The minimum absolute atomic E-state index is 0. The minimum atomic E-state index is 0. The van der Waals surface area contributed by atoms with Crippen molar-refractivity contribution in [3.05, 3.63) is 53.9 Å². The maximum absolute atomic E-state index is 8.61. The van der Waals surface area contributed by atoms with Crippen LogP contribution >= 0.6 is 0 Å². The third-order valence-corrected chi connectivity index (χ3v) is 1.92. The molecule has 0 radical (unpaired) electrons. The summed E-state index contributed by atoms with van der Waals surface area (Å²) in [6.07, 6.45) is 3.42. The van der Waals surface area contributed by atoms with Crippen molar-refractivity contribution in [2.24, 2.45) is 4.99 Å². The van der Waals surface area contributed by atoms with Crippen molar-refractivity contribution in [3.8, 4) is 6.07 Å². The van der Waals surface area contributed by atoms with E-state index in [0.717, 1.165) is 11.4 Å². The van der Waals surface area contributed by atoms with Crippen LogP contribution < -0.4 is 4.98 Å². The normalized spacial score (nSPS) is 9.69. The summed E-state index contributed by atoms with van der Waals surface area (Å²) in [6, 6.07) is 12.9. The Labute approximate surface area is 105 Å². The zero-order valence-corrected chi connectivity index (χ0v) is 9.64. The van der Waals surface area contributed by atoms with Gasteiger partial charge in [-0.05, 0) is 24.3 Å². The third-order valence-electron chi connectivity index (χ3n) is 1.92. The standard InChI is InChI=1S/C12H8N3.Cr/c13-8-10-3-5-11(6-4-10)15-9-12-2-1-7-14-12;/h1-7,9H;/q-1;. The van der Waals surface area contributed by atoms with E-state index < -0.39 is 0 Å². The zero-order chi connectivity index (χ0) is 10.5. The number of aromatic nitrogens is 1. The predicted molar refractivity (Wildman–Crippen MR) is 58.2 cm³/mol. The number of benzene rings is 1. The van der Waals surface area contributed by atoms with E-state index in [1.165, 1.54) is 0 Å². The average Bonchev–Trinajstić information content (AvgIpc) is 2.80. The molecule has 16 heavy (non-hydrogen) atoms. The van der Waals surface area contributed by atoms with Crippen LogP contribution in [0.5, 0.6) is 0 Å². The Bertz CT molecular complexity index is 492. The first-order valence-electron chi connectivity index (χ1n) is 4.50. The van der Waals surface area contributed by atoms with Gasteiger partial charge in [0.15, 0.2) is 0 Å². The molecule has 0 unspecified atom stereocenters. The van der Waals surface area contributed by atoms with Gasteiger partial charge in [0.05, 0.1) is 17.3 Å². The summed E-state index contributed by atoms with van der Waals surface area (Å²) in [7, 11) is 0. The Morgan fingerprint density at radius 3 is 2.50 bits per heavy atom. The van der Waals surface area contributed by atoms with Gasteiger partial charge in [-0.2, -0.15) is 11.5 Å². The summed E-state index contributed by atoms with van der Waals surface area (Å²) in [5.41, 5.74) is 2.29. The van der Waals surface area contributed by atoms with Gasteiger partial charge in [-0.3, -0.25) is 4.99 Å². The summed E-state index contributed by atoms with van der Waals surface area (Å²) < 4.78 is 0. The molecule has 0 fully saturated rings. The van der Waals surface area contributed by atoms with E-state index in [-0.39, 0.29) is 17.4 Å². The fourth-order valence-corrected chi connectivity index (χ4v) is 1.15. The van der Waals surface area contributed by atoms with Crippen molar-refractivity contribution in [1.29, 1.82) is 5.26 Å². The first kappa shape index (κ1) is 12.3. The Balaban J connectivity index is 0.00000128. The molecule has 78 valence electrons. The smallest absolute Gasteiger partial charge is 0.0991 e. The van der Waals surface area contributed by atoms with E-state index in [2.05, 4.69) is 16.0 Å². The van der Waals surface area contributed by atoms with Gasteiger partial charge in [0.1, 0.15) is 0 Å². The fourth-order valence-electron chi connectivity index (χ4n) is 1.15. The van der Waals surface area contributed by atoms with Crippen LogP contribution in [-0.2, 0) is 17.4 Å². The molecule has 1 heterocycles. The van der Waals surface area contributed by atoms with Gasteiger partial charge in [0.25, 0.3) is 0 Å². The maximum Gasteiger partial charge on any atom is 0.0991 e. The van der Waals surface area contributed by atoms with Crippen LogP contribution in [0.2, 0.25) is 0 Å². The summed E-state index contributed by atoms with van der Waals surface area (Å²) in [5, 5.41) is 8.61. The van der Waals surface area contributed by atoms with E-state index in [4.69, 9.17) is 5.26 Å². The Morgan fingerprint density at radius 2 is 1.94 bits per heavy atom. The molecule has 2 rings (SSSR count). The molecule has 0 saturated carbocycles. The minimum Gasteiger partial charge on any atom is -0.663 e. The molecule has 0 spiro atoms. The molecule has 2 aromatic rings. The Hall–Kier alpha value is -1.81. The van der Waals surface area contributed by atoms with Crippen LogP contribution in [0.25, 0.3) is 0 Å². The van der Waals surface area contributed by atoms with Crippen LogP contribution in [0.1, 0.15) is 11.3 Å². The average molecular weight is 246 g/mol. The van der Waals surface area contributed by atoms with Gasteiger partial charge in [-0.15, -0.1) is 5.69 Å². The number of hydrogen-bond donors (Lipinski definition) is 0. The van der Waals surface area contributed by atoms with E-state index in [1.54, 1.807) is 36.7 Å². The maximum atomic E-state index is 8.61. The Morgan fingerprint density at radius 1 is 1.19 bits per heavy atom. The van der Waals surface area contributed by atoms with Crippen LogP contribution in [0.15, 0.2) is 47.6 Å². The van der Waals surface area contributed by atoms with Crippen LogP contribution in [0.3, 0.4) is 0 Å². The fraction of sp³-hybridized carbons (Fsp3) is 0. The van der Waals surface area contributed by atoms with Crippen molar-refractivity contribution in [2.45, 2.75) is 0 Å². The molecule has 0 bridgehead atoms. The SMILES string of the molecule is N#Cc1ccc(N=Cc2ccc[n-]2)cc1.[Cr]. The molecule has 0 atom stereocenters. The number of hydrogen-bond acceptors (Lipinski definition) is 2. The molecule has 3 nitrogen and oxygen atoms in total. The molecule has 1 aromatic heterocycles. The summed E-state index contributed by atoms with van der Waals surface area (Å²) in [6.45, 7) is 0. The van der Waals surface area contributed by atoms with Crippen molar-refractivity contribution in [3.63, 3.8) is 0 Å². The zero-order valence-electron chi connectivity index (χ0n) is 8.37. The quantitative estimate of drug-likeness (QED) is 0.763. The predicted octanol–water partition coefficient (Wildman–Crippen LogP) is 2.26. The summed E-state index contributed by atoms with van der Waals surface area (Å²) in [4.78, 5) is 8.29. The molecule has 0 N–H and O–H groups in total. The van der Waals surface area contributed by atoms with Gasteiger partial charge in [0, 0.05) is 23.6 Å². The molecular weight excluding hydrogens is 238 g/mol. The number of nitrogens with zero attached hydrogens (tertiary/aromatic N) is 3. The monoisotopic (exact) mass is 246 g/mol. The largest absolute Gasteiger partial charge is 0.663 e. The number of rotatable bonds is 2. The molecule has 0 aliphatic rings. The van der Waals surface area contributed by atoms with Gasteiger partial charge in [0.2, 0.25) is 0 Å². The van der Waals surface area contributed by atoms with Gasteiger partial charge >= 0.3 is 0 Å². The molecule has 1 aromatic carbocycles. The molecule has 0 saturated heterocycles. The van der Waals surface area contributed by atoms with Crippen LogP contribution in [-0.4, -0.2) is 6.21 Å². The second-order valence-corrected chi connectivity index (χ2v) is 2.98. The van der Waals surface area contributed by atoms with E-state index in [0.29, 0.717) is 5.56 Å². The second-order valence-electron chi connectivity index (χ2n) is 2.98. The molecule has 0 amide bonds. The van der Waals surface area contributed by atoms with E-state index >= 15 is 0 Å².